The summed E-state index contributed by atoms with van der Waals surface area (Å²) in [5, 5.41) is 6.49. The molecule has 1 aromatic carbocycles. The number of aromatic nitrogens is 2. The molecule has 25 heavy (non-hydrogen) atoms. The fraction of sp³-hybridized carbons (Fsp3) is 0.400. The van der Waals surface area contributed by atoms with Gasteiger partial charge in [-0.25, -0.2) is 9.37 Å². The fourth-order valence-electron chi connectivity index (χ4n) is 3.03. The van der Waals surface area contributed by atoms with Crippen LogP contribution in [0.2, 0.25) is 0 Å². The van der Waals surface area contributed by atoms with Crippen molar-refractivity contribution in [2.45, 2.75) is 45.6 Å². The van der Waals surface area contributed by atoms with E-state index in [1.165, 1.54) is 37.3 Å². The maximum atomic E-state index is 13.7. The summed E-state index contributed by atoms with van der Waals surface area (Å²) in [6.07, 6.45) is 8.44. The van der Waals surface area contributed by atoms with Crippen molar-refractivity contribution in [3.8, 4) is 0 Å². The fourth-order valence-corrected chi connectivity index (χ4v) is 3.03. The molecular weight excluding hydrogens is 315 g/mol. The van der Waals surface area contributed by atoms with E-state index in [0.29, 0.717) is 23.9 Å². The Morgan fingerprint density at radius 1 is 1.12 bits per heavy atom. The highest BCUT2D eigenvalue weighted by molar-refractivity contribution is 5.43. The van der Waals surface area contributed by atoms with Crippen LogP contribution < -0.4 is 10.6 Å². The molecule has 5 heteroatoms. The third kappa shape index (κ3) is 5.28. The number of halogens is 1. The predicted molar refractivity (Wildman–Crippen MR) is 100 cm³/mol. The summed E-state index contributed by atoms with van der Waals surface area (Å²) in [5.74, 6) is 1.11. The van der Waals surface area contributed by atoms with Gasteiger partial charge in [-0.3, -0.25) is 0 Å². The van der Waals surface area contributed by atoms with Crippen molar-refractivity contribution < 1.29 is 4.39 Å². The largest absolute Gasteiger partial charge is 0.366 e. The van der Waals surface area contributed by atoms with E-state index in [1.807, 2.05) is 19.1 Å². The first-order valence-electron chi connectivity index (χ1n) is 8.95. The van der Waals surface area contributed by atoms with Crippen LogP contribution in [0.5, 0.6) is 0 Å². The first-order chi connectivity index (χ1) is 12.2. The molecule has 1 aliphatic carbocycles. The Morgan fingerprint density at radius 3 is 2.80 bits per heavy atom. The Kier molecular flexibility index (Phi) is 5.99. The van der Waals surface area contributed by atoms with Crippen LogP contribution in [0.4, 0.5) is 16.2 Å². The number of hydrogen-bond donors (Lipinski definition) is 2. The molecule has 1 heterocycles. The predicted octanol–water partition coefficient (Wildman–Crippen LogP) is 4.84. The van der Waals surface area contributed by atoms with Gasteiger partial charge in [-0.2, -0.15) is 4.98 Å². The van der Waals surface area contributed by atoms with E-state index in [1.54, 1.807) is 12.1 Å². The molecule has 0 bridgehead atoms. The van der Waals surface area contributed by atoms with E-state index < -0.39 is 0 Å². The number of hydrogen-bond acceptors (Lipinski definition) is 4. The Hall–Kier alpha value is -2.43. The molecule has 132 valence electrons. The third-order valence-corrected chi connectivity index (χ3v) is 4.39. The lowest BCUT2D eigenvalue weighted by Crippen LogP contribution is -2.10. The maximum Gasteiger partial charge on any atom is 0.224 e. The number of aryl methyl sites for hydroxylation is 1. The second-order valence-corrected chi connectivity index (χ2v) is 6.45. The van der Waals surface area contributed by atoms with Crippen LogP contribution in [-0.4, -0.2) is 16.5 Å². The molecule has 3 rings (SSSR count). The second-order valence-electron chi connectivity index (χ2n) is 6.45. The van der Waals surface area contributed by atoms with E-state index in [4.69, 9.17) is 0 Å². The molecule has 0 saturated heterocycles. The highest BCUT2D eigenvalue weighted by atomic mass is 19.1. The van der Waals surface area contributed by atoms with Crippen molar-refractivity contribution >= 4 is 11.8 Å². The molecule has 0 spiro atoms. The monoisotopic (exact) mass is 340 g/mol. The van der Waals surface area contributed by atoms with E-state index >= 15 is 0 Å². The first-order valence-corrected chi connectivity index (χ1v) is 8.95. The number of rotatable bonds is 7. The summed E-state index contributed by atoms with van der Waals surface area (Å²) in [7, 11) is 0. The van der Waals surface area contributed by atoms with Gasteiger partial charge in [0.05, 0.1) is 0 Å². The van der Waals surface area contributed by atoms with E-state index in [-0.39, 0.29) is 5.82 Å². The number of anilines is 2. The van der Waals surface area contributed by atoms with E-state index in [2.05, 4.69) is 26.7 Å². The lowest BCUT2D eigenvalue weighted by molar-refractivity contribution is 0.613. The summed E-state index contributed by atoms with van der Waals surface area (Å²) < 4.78 is 13.7. The van der Waals surface area contributed by atoms with Crippen molar-refractivity contribution in [3.05, 3.63) is 59.1 Å². The molecule has 4 nitrogen and oxygen atoms in total. The van der Waals surface area contributed by atoms with E-state index in [9.17, 15) is 4.39 Å². The summed E-state index contributed by atoms with van der Waals surface area (Å²) >= 11 is 0. The van der Waals surface area contributed by atoms with Crippen LogP contribution >= 0.6 is 0 Å². The van der Waals surface area contributed by atoms with Crippen LogP contribution in [0.1, 0.15) is 43.4 Å². The Morgan fingerprint density at radius 2 is 2.00 bits per heavy atom. The minimum Gasteiger partial charge on any atom is -0.366 e. The number of benzene rings is 1. The van der Waals surface area contributed by atoms with Gasteiger partial charge in [0, 0.05) is 30.4 Å². The zero-order valence-corrected chi connectivity index (χ0v) is 14.7. The molecule has 1 aromatic heterocycles. The molecule has 0 radical (unpaired) electrons. The number of nitrogens with one attached hydrogen (secondary N) is 2. The van der Waals surface area contributed by atoms with Crippen LogP contribution in [-0.2, 0) is 6.54 Å². The molecular formula is C20H25FN4. The zero-order valence-electron chi connectivity index (χ0n) is 14.7. The summed E-state index contributed by atoms with van der Waals surface area (Å²) in [6, 6.07) is 8.63. The lowest BCUT2D eigenvalue weighted by atomic mass is 9.97. The molecule has 2 N–H and O–H groups in total. The van der Waals surface area contributed by atoms with Gasteiger partial charge in [0.25, 0.3) is 0 Å². The third-order valence-electron chi connectivity index (χ3n) is 4.39. The maximum absolute atomic E-state index is 13.7. The van der Waals surface area contributed by atoms with Crippen molar-refractivity contribution in [1.29, 1.82) is 0 Å². The van der Waals surface area contributed by atoms with E-state index in [0.717, 1.165) is 18.7 Å². The van der Waals surface area contributed by atoms with Crippen LogP contribution in [0.3, 0.4) is 0 Å². The topological polar surface area (TPSA) is 49.8 Å². The molecule has 1 aliphatic rings. The summed E-state index contributed by atoms with van der Waals surface area (Å²) in [6.45, 7) is 3.17. The Bertz CT molecular complexity index is 742. The van der Waals surface area contributed by atoms with Gasteiger partial charge in [-0.1, -0.05) is 29.8 Å². The van der Waals surface area contributed by atoms with Crippen molar-refractivity contribution in [1.82, 2.24) is 9.97 Å². The van der Waals surface area contributed by atoms with Crippen LogP contribution in [0, 0.1) is 12.7 Å². The average molecular weight is 340 g/mol. The molecule has 0 saturated carbocycles. The summed E-state index contributed by atoms with van der Waals surface area (Å²) in [4.78, 5) is 8.92. The van der Waals surface area contributed by atoms with Gasteiger partial charge in [0.15, 0.2) is 0 Å². The smallest absolute Gasteiger partial charge is 0.224 e. The highest BCUT2D eigenvalue weighted by Crippen LogP contribution is 2.20. The van der Waals surface area contributed by atoms with Gasteiger partial charge >= 0.3 is 0 Å². The molecule has 0 unspecified atom stereocenters. The highest BCUT2D eigenvalue weighted by Gasteiger charge is 2.06. The van der Waals surface area contributed by atoms with Crippen LogP contribution in [0.15, 0.2) is 42.0 Å². The molecule has 0 aliphatic heterocycles. The van der Waals surface area contributed by atoms with Crippen LogP contribution in [0.25, 0.3) is 0 Å². The standard InChI is InChI=1S/C20H25FN4/c1-15-13-19(23-14-17-9-5-6-10-18(17)21)25-20(24-15)22-12-11-16-7-3-2-4-8-16/h5-7,9-10,13H,2-4,8,11-12,14H2,1H3,(H2,22,23,24,25). The van der Waals surface area contributed by atoms with Gasteiger partial charge in [0.1, 0.15) is 11.6 Å². The first kappa shape index (κ1) is 17.4. The normalized spacial score (nSPS) is 14.1. The average Bonchev–Trinajstić information content (AvgIpc) is 2.62. The molecule has 0 fully saturated rings. The Balaban J connectivity index is 1.56. The number of nitrogens with zero attached hydrogens (tertiary/aromatic N) is 2. The minimum atomic E-state index is -0.208. The molecule has 0 amide bonds. The van der Waals surface area contributed by atoms with Gasteiger partial charge in [0.2, 0.25) is 5.95 Å². The van der Waals surface area contributed by atoms with Crippen molar-refractivity contribution in [2.75, 3.05) is 17.2 Å². The number of allylic oxidation sites excluding steroid dienone is 1. The van der Waals surface area contributed by atoms with Gasteiger partial charge < -0.3 is 10.6 Å². The molecule has 0 atom stereocenters. The van der Waals surface area contributed by atoms with Crippen molar-refractivity contribution in [3.63, 3.8) is 0 Å². The molecule has 2 aromatic rings. The lowest BCUT2D eigenvalue weighted by Gasteiger charge is -2.13. The van der Waals surface area contributed by atoms with Gasteiger partial charge in [-0.15, -0.1) is 0 Å². The van der Waals surface area contributed by atoms with Gasteiger partial charge in [-0.05, 0) is 45.1 Å². The minimum absolute atomic E-state index is 0.208. The van der Waals surface area contributed by atoms with Crippen molar-refractivity contribution in [2.24, 2.45) is 0 Å². The summed E-state index contributed by atoms with van der Waals surface area (Å²) in [5.41, 5.74) is 3.03. The zero-order chi connectivity index (χ0) is 17.5. The SMILES string of the molecule is Cc1cc(NCc2ccccc2F)nc(NCCC2=CCCCC2)n1. The Labute approximate surface area is 148 Å². The second kappa shape index (κ2) is 8.60. The quantitative estimate of drug-likeness (QED) is 0.708.